The van der Waals surface area contributed by atoms with Crippen molar-refractivity contribution in [2.75, 3.05) is 7.05 Å². The van der Waals surface area contributed by atoms with Gasteiger partial charge in [-0.15, -0.1) is 0 Å². The molecule has 1 aromatic rings. The van der Waals surface area contributed by atoms with Crippen LogP contribution in [0.4, 0.5) is 0 Å². The molecule has 0 spiro atoms. The van der Waals surface area contributed by atoms with Crippen LogP contribution in [0.2, 0.25) is 5.02 Å². The Kier molecular flexibility index (Phi) is 4.92. The van der Waals surface area contributed by atoms with Gasteiger partial charge in [0.2, 0.25) is 0 Å². The van der Waals surface area contributed by atoms with E-state index in [-0.39, 0.29) is 0 Å². The van der Waals surface area contributed by atoms with E-state index in [0.717, 1.165) is 17.4 Å². The molecule has 0 amide bonds. The van der Waals surface area contributed by atoms with E-state index in [9.17, 15) is 0 Å². The summed E-state index contributed by atoms with van der Waals surface area (Å²) in [7, 11) is 2.10. The Morgan fingerprint density at radius 1 is 1.26 bits per heavy atom. The smallest absolute Gasteiger partial charge is 0.0406 e. The van der Waals surface area contributed by atoms with Gasteiger partial charge in [0.05, 0.1) is 0 Å². The summed E-state index contributed by atoms with van der Waals surface area (Å²) in [6, 6.07) is 8.87. The van der Waals surface area contributed by atoms with Crippen molar-refractivity contribution in [2.24, 2.45) is 11.3 Å². The first-order valence-electron chi connectivity index (χ1n) is 7.44. The number of hydrogen-bond acceptors (Lipinski definition) is 1. The minimum atomic E-state index is 0.457. The number of halogens is 1. The van der Waals surface area contributed by atoms with Gasteiger partial charge in [0, 0.05) is 11.1 Å². The first kappa shape index (κ1) is 14.9. The molecule has 1 aliphatic rings. The molecule has 1 aliphatic carbocycles. The van der Waals surface area contributed by atoms with E-state index in [4.69, 9.17) is 11.6 Å². The van der Waals surface area contributed by atoms with Crippen LogP contribution in [0, 0.1) is 11.3 Å². The third-order valence-electron chi connectivity index (χ3n) is 4.82. The zero-order valence-electron chi connectivity index (χ0n) is 12.4. The Labute approximate surface area is 122 Å². The first-order chi connectivity index (χ1) is 9.03. The average molecular weight is 280 g/mol. The van der Waals surface area contributed by atoms with Crippen LogP contribution in [0.1, 0.15) is 45.1 Å². The fraction of sp³-hybridized carbons (Fsp3) is 0.647. The van der Waals surface area contributed by atoms with Gasteiger partial charge in [-0.25, -0.2) is 0 Å². The highest BCUT2D eigenvalue weighted by Crippen LogP contribution is 2.42. The van der Waals surface area contributed by atoms with E-state index in [2.05, 4.69) is 38.3 Å². The second-order valence-electron chi connectivity index (χ2n) is 6.57. The second kappa shape index (κ2) is 6.28. The minimum Gasteiger partial charge on any atom is -0.316 e. The van der Waals surface area contributed by atoms with Crippen molar-refractivity contribution in [1.82, 2.24) is 5.32 Å². The van der Waals surface area contributed by atoms with Crippen LogP contribution in [0.25, 0.3) is 0 Å². The Hall–Kier alpha value is -0.530. The number of benzene rings is 1. The van der Waals surface area contributed by atoms with E-state index < -0.39 is 0 Å². The number of rotatable bonds is 4. The molecule has 0 aliphatic heterocycles. The van der Waals surface area contributed by atoms with Gasteiger partial charge in [-0.3, -0.25) is 0 Å². The van der Waals surface area contributed by atoms with Gasteiger partial charge < -0.3 is 5.32 Å². The SMILES string of the molecule is CNC(Cc1ccc(Cl)cc1)C1CCCCC1(C)C. The van der Waals surface area contributed by atoms with Gasteiger partial charge in [0.15, 0.2) is 0 Å². The van der Waals surface area contributed by atoms with Gasteiger partial charge >= 0.3 is 0 Å². The van der Waals surface area contributed by atoms with E-state index in [1.54, 1.807) is 0 Å². The minimum absolute atomic E-state index is 0.457. The van der Waals surface area contributed by atoms with Crippen LogP contribution >= 0.6 is 11.6 Å². The quantitative estimate of drug-likeness (QED) is 0.843. The molecule has 1 fully saturated rings. The topological polar surface area (TPSA) is 12.0 Å². The molecule has 106 valence electrons. The molecule has 2 atom stereocenters. The molecule has 2 rings (SSSR count). The standard InChI is InChI=1S/C17H26ClN/c1-17(2)11-5-4-6-15(17)16(19-3)12-13-7-9-14(18)10-8-13/h7-10,15-16,19H,4-6,11-12H2,1-3H3. The molecule has 1 aromatic carbocycles. The number of likely N-dealkylation sites (N-methyl/N-ethyl adjacent to an activating group) is 1. The van der Waals surface area contributed by atoms with Crippen LogP contribution < -0.4 is 5.32 Å². The largest absolute Gasteiger partial charge is 0.316 e. The molecule has 0 radical (unpaired) electrons. The first-order valence-corrected chi connectivity index (χ1v) is 7.82. The number of nitrogens with one attached hydrogen (secondary N) is 1. The van der Waals surface area contributed by atoms with Crippen molar-refractivity contribution >= 4 is 11.6 Å². The predicted octanol–water partition coefficient (Wildman–Crippen LogP) is 4.69. The fourth-order valence-electron chi connectivity index (χ4n) is 3.59. The molecule has 1 N–H and O–H groups in total. The molecule has 0 bridgehead atoms. The summed E-state index contributed by atoms with van der Waals surface area (Å²) < 4.78 is 0. The van der Waals surface area contributed by atoms with Crippen LogP contribution in [0.5, 0.6) is 0 Å². The maximum atomic E-state index is 5.96. The van der Waals surface area contributed by atoms with Crippen LogP contribution in [0.3, 0.4) is 0 Å². The predicted molar refractivity (Wildman–Crippen MR) is 83.7 cm³/mol. The molecule has 1 saturated carbocycles. The molecule has 0 saturated heterocycles. The summed E-state index contributed by atoms with van der Waals surface area (Å²) in [5.74, 6) is 0.766. The Morgan fingerprint density at radius 2 is 1.95 bits per heavy atom. The normalized spacial score (nSPS) is 24.1. The zero-order chi connectivity index (χ0) is 13.9. The molecule has 0 heterocycles. The van der Waals surface area contributed by atoms with E-state index in [0.29, 0.717) is 11.5 Å². The third-order valence-corrected chi connectivity index (χ3v) is 5.07. The molecular formula is C17H26ClN. The summed E-state index contributed by atoms with van der Waals surface area (Å²) in [5, 5.41) is 4.38. The van der Waals surface area contributed by atoms with Crippen molar-refractivity contribution in [1.29, 1.82) is 0 Å². The van der Waals surface area contributed by atoms with Gasteiger partial charge in [-0.2, -0.15) is 0 Å². The summed E-state index contributed by atoms with van der Waals surface area (Å²) in [5.41, 5.74) is 1.84. The molecule has 19 heavy (non-hydrogen) atoms. The highest BCUT2D eigenvalue weighted by molar-refractivity contribution is 6.30. The highest BCUT2D eigenvalue weighted by Gasteiger charge is 2.36. The van der Waals surface area contributed by atoms with Gasteiger partial charge in [-0.05, 0) is 55.3 Å². The van der Waals surface area contributed by atoms with Gasteiger partial charge in [0.25, 0.3) is 0 Å². The third kappa shape index (κ3) is 3.73. The highest BCUT2D eigenvalue weighted by atomic mass is 35.5. The second-order valence-corrected chi connectivity index (χ2v) is 7.00. The van der Waals surface area contributed by atoms with Crippen molar-refractivity contribution in [3.05, 3.63) is 34.9 Å². The maximum absolute atomic E-state index is 5.96. The average Bonchev–Trinajstić information content (AvgIpc) is 2.38. The van der Waals surface area contributed by atoms with Crippen LogP contribution in [-0.4, -0.2) is 13.1 Å². The Balaban J connectivity index is 2.08. The summed E-state index contributed by atoms with van der Waals surface area (Å²) in [4.78, 5) is 0. The molecule has 1 nitrogen and oxygen atoms in total. The van der Waals surface area contributed by atoms with Crippen molar-refractivity contribution in [3.63, 3.8) is 0 Å². The summed E-state index contributed by atoms with van der Waals surface area (Å²) >= 11 is 5.96. The lowest BCUT2D eigenvalue weighted by atomic mass is 9.65. The van der Waals surface area contributed by atoms with Crippen LogP contribution in [0.15, 0.2) is 24.3 Å². The Bertz CT molecular complexity index is 396. The van der Waals surface area contributed by atoms with E-state index >= 15 is 0 Å². The van der Waals surface area contributed by atoms with Crippen molar-refractivity contribution in [3.8, 4) is 0 Å². The lowest BCUT2D eigenvalue weighted by Crippen LogP contribution is -2.44. The zero-order valence-corrected chi connectivity index (χ0v) is 13.1. The lowest BCUT2D eigenvalue weighted by Gasteiger charge is -2.43. The van der Waals surface area contributed by atoms with Gasteiger partial charge in [0.1, 0.15) is 0 Å². The maximum Gasteiger partial charge on any atom is 0.0406 e. The van der Waals surface area contributed by atoms with Crippen molar-refractivity contribution in [2.45, 2.75) is 52.0 Å². The number of hydrogen-bond donors (Lipinski definition) is 1. The van der Waals surface area contributed by atoms with Crippen molar-refractivity contribution < 1.29 is 0 Å². The molecule has 2 unspecified atom stereocenters. The van der Waals surface area contributed by atoms with Crippen LogP contribution in [-0.2, 0) is 6.42 Å². The van der Waals surface area contributed by atoms with E-state index in [1.165, 1.54) is 31.2 Å². The summed E-state index contributed by atoms with van der Waals surface area (Å²) in [6.45, 7) is 4.87. The molecular weight excluding hydrogens is 254 g/mol. The molecule has 2 heteroatoms. The van der Waals surface area contributed by atoms with E-state index in [1.807, 2.05) is 12.1 Å². The monoisotopic (exact) mass is 279 g/mol. The lowest BCUT2D eigenvalue weighted by molar-refractivity contribution is 0.101. The fourth-order valence-corrected chi connectivity index (χ4v) is 3.71. The molecule has 0 aromatic heterocycles. The Morgan fingerprint density at radius 3 is 2.53 bits per heavy atom. The van der Waals surface area contributed by atoms with Gasteiger partial charge in [-0.1, -0.05) is 50.4 Å². The summed E-state index contributed by atoms with van der Waals surface area (Å²) in [6.07, 6.45) is 6.58.